The molecule has 5 nitrogen and oxygen atoms in total. The summed E-state index contributed by atoms with van der Waals surface area (Å²) in [6.45, 7) is 5.12. The van der Waals surface area contributed by atoms with Gasteiger partial charge in [-0.2, -0.15) is 10.1 Å². The maximum atomic E-state index is 4.41. The van der Waals surface area contributed by atoms with Crippen LogP contribution in [0.3, 0.4) is 0 Å². The van der Waals surface area contributed by atoms with Gasteiger partial charge >= 0.3 is 0 Å². The molecule has 0 saturated heterocycles. The van der Waals surface area contributed by atoms with Gasteiger partial charge in [-0.15, -0.1) is 5.10 Å². The van der Waals surface area contributed by atoms with Gasteiger partial charge in [0.05, 0.1) is 6.20 Å². The summed E-state index contributed by atoms with van der Waals surface area (Å²) < 4.78 is 0. The maximum Gasteiger partial charge on any atom is 0.244 e. The Hall–Kier alpha value is -2.17. The van der Waals surface area contributed by atoms with E-state index < -0.39 is 0 Å². The van der Waals surface area contributed by atoms with E-state index in [0.717, 1.165) is 25.2 Å². The van der Waals surface area contributed by atoms with E-state index in [2.05, 4.69) is 51.8 Å². The van der Waals surface area contributed by atoms with Crippen LogP contribution in [0, 0.1) is 0 Å². The zero-order valence-electron chi connectivity index (χ0n) is 12.0. The molecule has 1 aromatic heterocycles. The van der Waals surface area contributed by atoms with E-state index >= 15 is 0 Å². The van der Waals surface area contributed by atoms with E-state index in [4.69, 9.17) is 0 Å². The summed E-state index contributed by atoms with van der Waals surface area (Å²) in [6, 6.07) is 10.4. The monoisotopic (exact) mass is 271 g/mol. The molecule has 106 valence electrons. The first-order valence-electron chi connectivity index (χ1n) is 7.04. The van der Waals surface area contributed by atoms with Gasteiger partial charge < -0.3 is 10.6 Å². The molecule has 1 atom stereocenters. The van der Waals surface area contributed by atoms with Crippen LogP contribution in [0.15, 0.2) is 36.5 Å². The molecular weight excluding hydrogens is 250 g/mol. The predicted octanol–water partition coefficient (Wildman–Crippen LogP) is 3.26. The summed E-state index contributed by atoms with van der Waals surface area (Å²) >= 11 is 0. The molecule has 0 radical (unpaired) electrons. The molecule has 0 saturated carbocycles. The second kappa shape index (κ2) is 7.43. The molecule has 1 unspecified atom stereocenters. The first-order valence-corrected chi connectivity index (χ1v) is 7.04. The van der Waals surface area contributed by atoms with Crippen molar-refractivity contribution in [2.45, 2.75) is 32.7 Å². The number of anilines is 2. The van der Waals surface area contributed by atoms with Crippen LogP contribution in [-0.2, 0) is 0 Å². The van der Waals surface area contributed by atoms with Gasteiger partial charge in [0.25, 0.3) is 0 Å². The average molecular weight is 271 g/mol. The van der Waals surface area contributed by atoms with Crippen molar-refractivity contribution in [3.05, 3.63) is 42.1 Å². The second-order valence-electron chi connectivity index (χ2n) is 4.72. The van der Waals surface area contributed by atoms with E-state index in [0.29, 0.717) is 5.95 Å². The van der Waals surface area contributed by atoms with Crippen molar-refractivity contribution in [2.24, 2.45) is 0 Å². The van der Waals surface area contributed by atoms with Gasteiger partial charge in [0, 0.05) is 12.6 Å². The van der Waals surface area contributed by atoms with Crippen molar-refractivity contribution in [3.63, 3.8) is 0 Å². The van der Waals surface area contributed by atoms with Crippen LogP contribution < -0.4 is 10.6 Å². The van der Waals surface area contributed by atoms with Crippen LogP contribution in [-0.4, -0.2) is 21.7 Å². The number of rotatable bonds is 7. The molecule has 0 aliphatic heterocycles. The number of aromatic nitrogens is 3. The van der Waals surface area contributed by atoms with Crippen molar-refractivity contribution in [1.29, 1.82) is 0 Å². The Morgan fingerprint density at radius 1 is 1.20 bits per heavy atom. The van der Waals surface area contributed by atoms with Gasteiger partial charge in [-0.3, -0.25) is 0 Å². The van der Waals surface area contributed by atoms with Crippen molar-refractivity contribution in [1.82, 2.24) is 15.2 Å². The van der Waals surface area contributed by atoms with Crippen LogP contribution in [0.2, 0.25) is 0 Å². The highest BCUT2D eigenvalue weighted by atomic mass is 15.3. The van der Waals surface area contributed by atoms with E-state index in [1.807, 2.05) is 18.2 Å². The van der Waals surface area contributed by atoms with Gasteiger partial charge in [0.2, 0.25) is 5.95 Å². The quantitative estimate of drug-likeness (QED) is 0.757. The Bertz CT molecular complexity index is 515. The molecule has 0 aliphatic carbocycles. The number of benzene rings is 1. The second-order valence-corrected chi connectivity index (χ2v) is 4.72. The van der Waals surface area contributed by atoms with Gasteiger partial charge in [-0.05, 0) is 18.9 Å². The Morgan fingerprint density at radius 2 is 2.00 bits per heavy atom. The Balaban J connectivity index is 1.97. The van der Waals surface area contributed by atoms with E-state index in [1.165, 1.54) is 5.56 Å². The van der Waals surface area contributed by atoms with Gasteiger partial charge in [0.1, 0.15) is 0 Å². The molecule has 1 heterocycles. The molecule has 0 spiro atoms. The minimum atomic E-state index is 0.177. The molecule has 5 heteroatoms. The third-order valence-corrected chi connectivity index (χ3v) is 3.04. The summed E-state index contributed by atoms with van der Waals surface area (Å²) in [7, 11) is 0. The van der Waals surface area contributed by atoms with Crippen molar-refractivity contribution in [3.8, 4) is 0 Å². The summed E-state index contributed by atoms with van der Waals surface area (Å²) in [6.07, 6.45) is 3.88. The lowest BCUT2D eigenvalue weighted by molar-refractivity contribution is 0.814. The molecule has 2 N–H and O–H groups in total. The van der Waals surface area contributed by atoms with Gasteiger partial charge in [-0.1, -0.05) is 43.7 Å². The maximum absolute atomic E-state index is 4.41. The molecule has 0 amide bonds. The SMILES string of the molecule is CCCCNc1nncc(NC(C)c2ccccc2)n1. The fourth-order valence-corrected chi connectivity index (χ4v) is 1.87. The average Bonchev–Trinajstić information content (AvgIpc) is 2.49. The molecule has 20 heavy (non-hydrogen) atoms. The van der Waals surface area contributed by atoms with Crippen molar-refractivity contribution >= 4 is 11.8 Å². The largest absolute Gasteiger partial charge is 0.362 e. The summed E-state index contributed by atoms with van der Waals surface area (Å²) in [5.41, 5.74) is 1.21. The number of unbranched alkanes of at least 4 members (excludes halogenated alkanes) is 1. The van der Waals surface area contributed by atoms with Gasteiger partial charge in [-0.25, -0.2) is 0 Å². The normalized spacial score (nSPS) is 11.9. The van der Waals surface area contributed by atoms with Gasteiger partial charge in [0.15, 0.2) is 5.82 Å². The Morgan fingerprint density at radius 3 is 2.75 bits per heavy atom. The molecular formula is C15H21N5. The van der Waals surface area contributed by atoms with E-state index in [1.54, 1.807) is 6.20 Å². The zero-order chi connectivity index (χ0) is 14.2. The molecule has 2 rings (SSSR count). The van der Waals surface area contributed by atoms with Crippen molar-refractivity contribution in [2.75, 3.05) is 17.2 Å². The van der Waals surface area contributed by atoms with Crippen LogP contribution in [0.4, 0.5) is 11.8 Å². The summed E-state index contributed by atoms with van der Waals surface area (Å²) in [5.74, 6) is 1.30. The standard InChI is InChI=1S/C15H21N5/c1-3-4-10-16-15-19-14(11-17-20-15)18-12(2)13-8-6-5-7-9-13/h5-9,11-12H,3-4,10H2,1-2H3,(H2,16,18,19,20). The highest BCUT2D eigenvalue weighted by molar-refractivity contribution is 5.39. The summed E-state index contributed by atoms with van der Waals surface area (Å²) in [4.78, 5) is 4.41. The highest BCUT2D eigenvalue weighted by Gasteiger charge is 2.06. The fourth-order valence-electron chi connectivity index (χ4n) is 1.87. The predicted molar refractivity (Wildman–Crippen MR) is 81.7 cm³/mol. The van der Waals surface area contributed by atoms with Crippen LogP contribution in [0.5, 0.6) is 0 Å². The fraction of sp³-hybridized carbons (Fsp3) is 0.400. The lowest BCUT2D eigenvalue weighted by Gasteiger charge is -2.14. The molecule has 0 fully saturated rings. The molecule has 2 aromatic rings. The first-order chi connectivity index (χ1) is 9.79. The van der Waals surface area contributed by atoms with Crippen LogP contribution in [0.25, 0.3) is 0 Å². The zero-order valence-corrected chi connectivity index (χ0v) is 12.0. The number of hydrogen-bond acceptors (Lipinski definition) is 5. The van der Waals surface area contributed by atoms with E-state index in [-0.39, 0.29) is 6.04 Å². The van der Waals surface area contributed by atoms with Crippen LogP contribution in [0.1, 0.15) is 38.3 Å². The first kappa shape index (κ1) is 14.2. The Kier molecular flexibility index (Phi) is 5.29. The molecule has 1 aromatic carbocycles. The third-order valence-electron chi connectivity index (χ3n) is 3.04. The highest BCUT2D eigenvalue weighted by Crippen LogP contribution is 2.17. The minimum Gasteiger partial charge on any atom is -0.362 e. The van der Waals surface area contributed by atoms with Crippen LogP contribution >= 0.6 is 0 Å². The summed E-state index contributed by atoms with van der Waals surface area (Å²) in [5, 5.41) is 14.5. The number of nitrogens with zero attached hydrogens (tertiary/aromatic N) is 3. The topological polar surface area (TPSA) is 62.7 Å². The lowest BCUT2D eigenvalue weighted by Crippen LogP contribution is -2.11. The third kappa shape index (κ3) is 4.19. The lowest BCUT2D eigenvalue weighted by atomic mass is 10.1. The van der Waals surface area contributed by atoms with E-state index in [9.17, 15) is 0 Å². The Labute approximate surface area is 119 Å². The number of nitrogens with one attached hydrogen (secondary N) is 2. The number of hydrogen-bond donors (Lipinski definition) is 2. The molecule has 0 aliphatic rings. The smallest absolute Gasteiger partial charge is 0.244 e. The van der Waals surface area contributed by atoms with Crippen molar-refractivity contribution < 1.29 is 0 Å². The minimum absolute atomic E-state index is 0.177. The molecule has 0 bridgehead atoms.